The molecule has 0 spiro atoms. The maximum absolute atomic E-state index is 12.1. The van der Waals surface area contributed by atoms with Crippen molar-refractivity contribution in [3.8, 4) is 0 Å². The van der Waals surface area contributed by atoms with Crippen molar-refractivity contribution in [1.82, 2.24) is 0 Å². The van der Waals surface area contributed by atoms with E-state index in [0.29, 0.717) is 31.3 Å². The van der Waals surface area contributed by atoms with Gasteiger partial charge < -0.3 is 20.1 Å². The third-order valence-corrected chi connectivity index (χ3v) is 10.0. The number of fused-ring (bicyclic) bond motifs is 5. The van der Waals surface area contributed by atoms with Gasteiger partial charge in [0.25, 0.3) is 0 Å². The molecule has 0 saturated heterocycles. The zero-order valence-corrected chi connectivity index (χ0v) is 17.1. The van der Waals surface area contributed by atoms with E-state index in [-0.39, 0.29) is 29.3 Å². The van der Waals surface area contributed by atoms with Gasteiger partial charge in [0.1, 0.15) is 6.61 Å². The Morgan fingerprint density at radius 3 is 2.54 bits per heavy atom. The molecular formula is C23H34O5. The summed E-state index contributed by atoms with van der Waals surface area (Å²) in [7, 11) is 0. The van der Waals surface area contributed by atoms with Crippen LogP contribution in [0.25, 0.3) is 0 Å². The summed E-state index contributed by atoms with van der Waals surface area (Å²) in [6, 6.07) is 0. The van der Waals surface area contributed by atoms with E-state index in [4.69, 9.17) is 4.74 Å². The van der Waals surface area contributed by atoms with Gasteiger partial charge in [0.2, 0.25) is 0 Å². The summed E-state index contributed by atoms with van der Waals surface area (Å²) in [6.45, 7) is 4.69. The zero-order chi connectivity index (χ0) is 19.9. The molecule has 4 fully saturated rings. The van der Waals surface area contributed by atoms with Crippen LogP contribution in [0.1, 0.15) is 65.2 Å². The first-order valence-corrected chi connectivity index (χ1v) is 11.2. The molecule has 8 unspecified atom stereocenters. The summed E-state index contributed by atoms with van der Waals surface area (Å²) in [6.07, 6.45) is 7.69. The molecule has 3 N–H and O–H groups in total. The Hall–Kier alpha value is -0.910. The normalized spacial score (nSPS) is 55.8. The van der Waals surface area contributed by atoms with Crippen LogP contribution in [-0.2, 0) is 9.53 Å². The Morgan fingerprint density at radius 1 is 1.04 bits per heavy atom. The molecule has 0 bridgehead atoms. The summed E-state index contributed by atoms with van der Waals surface area (Å²) in [4.78, 5) is 11.6. The highest BCUT2D eigenvalue weighted by Crippen LogP contribution is 2.69. The number of hydrogen-bond donors (Lipinski definition) is 3. The van der Waals surface area contributed by atoms with E-state index in [0.717, 1.165) is 44.1 Å². The van der Waals surface area contributed by atoms with E-state index >= 15 is 0 Å². The molecule has 5 heteroatoms. The van der Waals surface area contributed by atoms with Crippen LogP contribution in [0.3, 0.4) is 0 Å². The highest BCUT2D eigenvalue weighted by molar-refractivity contribution is 5.85. The lowest BCUT2D eigenvalue weighted by atomic mass is 9.42. The van der Waals surface area contributed by atoms with Crippen LogP contribution in [0.2, 0.25) is 0 Å². The van der Waals surface area contributed by atoms with Crippen molar-refractivity contribution in [2.24, 2.45) is 34.5 Å². The predicted octanol–water partition coefficient (Wildman–Crippen LogP) is 2.58. The Balaban J connectivity index is 1.51. The van der Waals surface area contributed by atoms with Crippen LogP contribution in [0, 0.1) is 34.5 Å². The van der Waals surface area contributed by atoms with E-state index in [1.165, 1.54) is 0 Å². The summed E-state index contributed by atoms with van der Waals surface area (Å²) in [5.41, 5.74) is -0.507. The first-order chi connectivity index (χ1) is 13.2. The van der Waals surface area contributed by atoms with E-state index in [2.05, 4.69) is 6.92 Å². The summed E-state index contributed by atoms with van der Waals surface area (Å²) < 4.78 is 5.16. The van der Waals surface area contributed by atoms with Gasteiger partial charge in [-0.15, -0.1) is 0 Å². The molecule has 0 aromatic rings. The van der Waals surface area contributed by atoms with Crippen LogP contribution in [-0.4, -0.2) is 45.7 Å². The van der Waals surface area contributed by atoms with Crippen molar-refractivity contribution in [2.75, 3.05) is 6.61 Å². The number of carbonyl (C=O) groups excluding carboxylic acids is 1. The maximum Gasteiger partial charge on any atom is 0.331 e. The van der Waals surface area contributed by atoms with Crippen molar-refractivity contribution in [3.63, 3.8) is 0 Å². The van der Waals surface area contributed by atoms with Gasteiger partial charge in [0.15, 0.2) is 0 Å². The van der Waals surface area contributed by atoms with Gasteiger partial charge >= 0.3 is 5.97 Å². The number of esters is 1. The topological polar surface area (TPSA) is 87.0 Å². The number of aliphatic hydroxyl groups is 3. The number of hydrogen-bond acceptors (Lipinski definition) is 5. The third-order valence-electron chi connectivity index (χ3n) is 10.0. The fraction of sp³-hybridized carbons (Fsp3) is 0.870. The van der Waals surface area contributed by atoms with Crippen molar-refractivity contribution in [2.45, 2.75) is 83.0 Å². The van der Waals surface area contributed by atoms with Crippen molar-refractivity contribution >= 4 is 5.97 Å². The predicted molar refractivity (Wildman–Crippen MR) is 103 cm³/mol. The van der Waals surface area contributed by atoms with Gasteiger partial charge in [0, 0.05) is 11.5 Å². The molecule has 5 aliphatic rings. The first-order valence-electron chi connectivity index (χ1n) is 11.2. The fourth-order valence-corrected chi connectivity index (χ4v) is 8.37. The number of carbonyl (C=O) groups is 1. The number of cyclic esters (lactones) is 1. The number of ether oxygens (including phenoxy) is 1. The molecule has 156 valence electrons. The van der Waals surface area contributed by atoms with Crippen molar-refractivity contribution < 1.29 is 24.9 Å². The van der Waals surface area contributed by atoms with Crippen LogP contribution >= 0.6 is 0 Å². The van der Waals surface area contributed by atoms with Crippen LogP contribution in [0.15, 0.2) is 11.6 Å². The van der Waals surface area contributed by atoms with E-state index in [1.807, 2.05) is 6.92 Å². The molecule has 5 nitrogen and oxygen atoms in total. The molecule has 4 aliphatic carbocycles. The van der Waals surface area contributed by atoms with Gasteiger partial charge in [-0.25, -0.2) is 4.79 Å². The summed E-state index contributed by atoms with van der Waals surface area (Å²) in [5.74, 6) is 0.657. The SMILES string of the molecule is CC12CCC(O)CC1CCC1[C@H]2CC(O)C2(C)C(C3=CC(=O)OC3)CCC12O. The summed E-state index contributed by atoms with van der Waals surface area (Å²) in [5, 5.41) is 33.7. The van der Waals surface area contributed by atoms with E-state index < -0.39 is 17.1 Å². The van der Waals surface area contributed by atoms with Gasteiger partial charge in [-0.05, 0) is 86.0 Å². The second kappa shape index (κ2) is 6.05. The van der Waals surface area contributed by atoms with Crippen LogP contribution in [0.4, 0.5) is 0 Å². The molecule has 9 atom stereocenters. The lowest BCUT2D eigenvalue weighted by Crippen LogP contribution is -2.67. The standard InChI is InChI=1S/C23H34O5/c1-21-7-5-15(24)10-14(21)3-4-17-18(21)11-19(25)22(2)16(6-8-23(17,22)27)13-9-20(26)28-12-13/h9,14-19,24-25,27H,3-8,10-12H2,1-2H3/t14?,15?,16?,17?,18-,19?,21?,22?,23?/m1/s1. The lowest BCUT2D eigenvalue weighted by Gasteiger charge is -2.64. The lowest BCUT2D eigenvalue weighted by molar-refractivity contribution is -0.244. The van der Waals surface area contributed by atoms with Crippen LogP contribution in [0.5, 0.6) is 0 Å². The Kier molecular flexibility index (Phi) is 4.12. The molecule has 28 heavy (non-hydrogen) atoms. The molecule has 1 heterocycles. The smallest absolute Gasteiger partial charge is 0.331 e. The largest absolute Gasteiger partial charge is 0.458 e. The minimum atomic E-state index is -0.906. The average molecular weight is 391 g/mol. The molecule has 0 aromatic heterocycles. The van der Waals surface area contributed by atoms with Gasteiger partial charge in [-0.1, -0.05) is 13.8 Å². The Labute approximate surface area is 167 Å². The van der Waals surface area contributed by atoms with Crippen LogP contribution < -0.4 is 0 Å². The number of aliphatic hydroxyl groups excluding tert-OH is 2. The monoisotopic (exact) mass is 390 g/mol. The number of rotatable bonds is 1. The molecular weight excluding hydrogens is 356 g/mol. The highest BCUT2D eigenvalue weighted by atomic mass is 16.5. The summed E-state index contributed by atoms with van der Waals surface area (Å²) >= 11 is 0. The van der Waals surface area contributed by atoms with Crippen molar-refractivity contribution in [3.05, 3.63) is 11.6 Å². The first kappa shape index (κ1) is 19.1. The average Bonchev–Trinajstić information content (AvgIpc) is 3.19. The van der Waals surface area contributed by atoms with Gasteiger partial charge in [-0.2, -0.15) is 0 Å². The minimum Gasteiger partial charge on any atom is -0.458 e. The Morgan fingerprint density at radius 2 is 1.82 bits per heavy atom. The maximum atomic E-state index is 12.1. The molecule has 1 aliphatic heterocycles. The molecule has 0 amide bonds. The quantitative estimate of drug-likeness (QED) is 0.599. The Bertz CT molecular complexity index is 718. The van der Waals surface area contributed by atoms with E-state index in [9.17, 15) is 20.1 Å². The molecule has 4 saturated carbocycles. The van der Waals surface area contributed by atoms with Gasteiger partial charge in [0.05, 0.1) is 17.8 Å². The molecule has 5 rings (SSSR count). The second-order valence-corrected chi connectivity index (χ2v) is 10.8. The second-order valence-electron chi connectivity index (χ2n) is 10.8. The fourth-order valence-electron chi connectivity index (χ4n) is 8.37. The molecule has 0 aromatic carbocycles. The molecule has 0 radical (unpaired) electrons. The van der Waals surface area contributed by atoms with Crippen molar-refractivity contribution in [1.29, 1.82) is 0 Å². The highest BCUT2D eigenvalue weighted by Gasteiger charge is 2.70. The van der Waals surface area contributed by atoms with E-state index in [1.54, 1.807) is 6.08 Å². The minimum absolute atomic E-state index is 0.00129. The third kappa shape index (κ3) is 2.27. The van der Waals surface area contributed by atoms with Gasteiger partial charge in [-0.3, -0.25) is 0 Å². The zero-order valence-electron chi connectivity index (χ0n) is 17.1.